The Labute approximate surface area is 133 Å². The van der Waals surface area contributed by atoms with E-state index in [9.17, 15) is 0 Å². The quantitative estimate of drug-likeness (QED) is 0.794. The zero-order chi connectivity index (χ0) is 16.0. The normalized spacial score (nSPS) is 13.7. The second kappa shape index (κ2) is 5.27. The molecule has 0 aliphatic carbocycles. The van der Waals surface area contributed by atoms with E-state index in [2.05, 4.69) is 14.7 Å². The van der Waals surface area contributed by atoms with Gasteiger partial charge in [-0.15, -0.1) is 0 Å². The third kappa shape index (κ3) is 2.24. The summed E-state index contributed by atoms with van der Waals surface area (Å²) in [6.07, 6.45) is 0. The number of fused-ring (bicyclic) bond motifs is 2. The first-order chi connectivity index (χ1) is 11.2. The molecule has 0 spiro atoms. The average Bonchev–Trinajstić information content (AvgIpc) is 3.07. The molecule has 0 saturated heterocycles. The second-order valence-corrected chi connectivity index (χ2v) is 5.61. The molecule has 1 aliphatic heterocycles. The lowest BCUT2D eigenvalue weighted by atomic mass is 10.2. The molecule has 0 bridgehead atoms. The van der Waals surface area contributed by atoms with Crippen LogP contribution in [0.2, 0.25) is 0 Å². The van der Waals surface area contributed by atoms with Crippen molar-refractivity contribution in [3.8, 4) is 11.5 Å². The zero-order valence-electron chi connectivity index (χ0n) is 13.1. The molecule has 0 radical (unpaired) electrons. The summed E-state index contributed by atoms with van der Waals surface area (Å²) in [6.45, 7) is 5.93. The molecule has 3 heterocycles. The summed E-state index contributed by atoms with van der Waals surface area (Å²) >= 11 is 0. The van der Waals surface area contributed by atoms with E-state index in [0.29, 0.717) is 26.3 Å². The van der Waals surface area contributed by atoms with Crippen molar-refractivity contribution in [2.24, 2.45) is 5.73 Å². The third-order valence-electron chi connectivity index (χ3n) is 4.17. The number of imidazole rings is 1. The minimum Gasteiger partial charge on any atom is -0.486 e. The first kappa shape index (κ1) is 14.1. The number of aryl methyl sites for hydroxylation is 2. The highest BCUT2D eigenvalue weighted by atomic mass is 16.6. The lowest BCUT2D eigenvalue weighted by Gasteiger charge is -2.18. The zero-order valence-corrected chi connectivity index (χ0v) is 13.1. The van der Waals surface area contributed by atoms with Gasteiger partial charge in [-0.3, -0.25) is 0 Å². The predicted octanol–water partition coefficient (Wildman–Crippen LogP) is 1.92. The van der Waals surface area contributed by atoms with Gasteiger partial charge in [0.25, 0.3) is 0 Å². The van der Waals surface area contributed by atoms with Gasteiger partial charge in [0.2, 0.25) is 0 Å². The molecule has 120 valence electrons. The minimum absolute atomic E-state index is 0.352. The van der Waals surface area contributed by atoms with Gasteiger partial charge in [-0.1, -0.05) is 5.16 Å². The van der Waals surface area contributed by atoms with Crippen molar-refractivity contribution in [1.82, 2.24) is 14.7 Å². The largest absolute Gasteiger partial charge is 0.486 e. The van der Waals surface area contributed by atoms with Crippen LogP contribution in [0, 0.1) is 13.8 Å². The molecule has 1 aliphatic rings. The number of rotatable bonds is 3. The molecule has 2 N–H and O–H groups in total. The highest BCUT2D eigenvalue weighted by molar-refractivity contribution is 5.81. The molecule has 2 aromatic heterocycles. The van der Waals surface area contributed by atoms with Crippen molar-refractivity contribution in [2.75, 3.05) is 13.2 Å². The Balaban J connectivity index is 1.87. The van der Waals surface area contributed by atoms with Crippen LogP contribution in [0.5, 0.6) is 11.5 Å². The fraction of sp³-hybridized carbons (Fsp3) is 0.375. The smallest absolute Gasteiger partial charge is 0.163 e. The first-order valence-corrected chi connectivity index (χ1v) is 7.58. The molecular weight excluding hydrogens is 296 g/mol. The van der Waals surface area contributed by atoms with E-state index in [1.54, 1.807) is 0 Å². The van der Waals surface area contributed by atoms with Crippen LogP contribution in [0.3, 0.4) is 0 Å². The topological polar surface area (TPSA) is 88.3 Å². The number of nitrogens with two attached hydrogens (primary N) is 1. The summed E-state index contributed by atoms with van der Waals surface area (Å²) in [7, 11) is 0. The standard InChI is InChI=1S/C16H18N4O3/c1-9-11(10(2)23-19-9)8-20-13-6-15-14(21-3-4-22-15)5-12(13)18-16(20)7-17/h5-6H,3-4,7-8,17H2,1-2H3. The minimum atomic E-state index is 0.352. The second-order valence-electron chi connectivity index (χ2n) is 5.61. The van der Waals surface area contributed by atoms with Crippen LogP contribution in [0.1, 0.15) is 22.8 Å². The lowest BCUT2D eigenvalue weighted by Crippen LogP contribution is -2.15. The predicted molar refractivity (Wildman–Crippen MR) is 83.7 cm³/mol. The molecule has 7 heteroatoms. The Hall–Kier alpha value is -2.54. The van der Waals surface area contributed by atoms with Crippen molar-refractivity contribution >= 4 is 11.0 Å². The van der Waals surface area contributed by atoms with E-state index >= 15 is 0 Å². The summed E-state index contributed by atoms with van der Waals surface area (Å²) in [4.78, 5) is 4.63. The van der Waals surface area contributed by atoms with Gasteiger partial charge in [0.05, 0.1) is 29.8 Å². The van der Waals surface area contributed by atoms with Crippen molar-refractivity contribution in [2.45, 2.75) is 26.9 Å². The van der Waals surface area contributed by atoms with E-state index in [1.807, 2.05) is 26.0 Å². The van der Waals surface area contributed by atoms with Crippen molar-refractivity contribution in [3.05, 3.63) is 35.0 Å². The van der Waals surface area contributed by atoms with E-state index in [1.165, 1.54) is 0 Å². The van der Waals surface area contributed by atoms with Gasteiger partial charge in [0.1, 0.15) is 24.8 Å². The Kier molecular flexibility index (Phi) is 3.23. The Morgan fingerprint density at radius 3 is 2.57 bits per heavy atom. The number of aromatic nitrogens is 3. The number of benzene rings is 1. The van der Waals surface area contributed by atoms with Gasteiger partial charge < -0.3 is 24.3 Å². The van der Waals surface area contributed by atoms with Crippen LogP contribution in [0.25, 0.3) is 11.0 Å². The fourth-order valence-corrected chi connectivity index (χ4v) is 2.93. The number of hydrogen-bond donors (Lipinski definition) is 1. The molecule has 0 atom stereocenters. The van der Waals surface area contributed by atoms with E-state index in [-0.39, 0.29) is 0 Å². The van der Waals surface area contributed by atoms with Crippen LogP contribution < -0.4 is 15.2 Å². The highest BCUT2D eigenvalue weighted by Crippen LogP contribution is 2.35. The van der Waals surface area contributed by atoms with Gasteiger partial charge in [-0.25, -0.2) is 4.98 Å². The van der Waals surface area contributed by atoms with E-state index in [4.69, 9.17) is 19.7 Å². The van der Waals surface area contributed by atoms with Gasteiger partial charge in [-0.05, 0) is 13.8 Å². The van der Waals surface area contributed by atoms with Crippen molar-refractivity contribution in [3.63, 3.8) is 0 Å². The molecule has 3 aromatic rings. The molecule has 0 fully saturated rings. The van der Waals surface area contributed by atoms with Gasteiger partial charge in [0, 0.05) is 17.7 Å². The van der Waals surface area contributed by atoms with Crippen molar-refractivity contribution < 1.29 is 14.0 Å². The summed E-state index contributed by atoms with van der Waals surface area (Å²) in [5, 5.41) is 4.02. The molecule has 23 heavy (non-hydrogen) atoms. The van der Waals surface area contributed by atoms with Crippen LogP contribution >= 0.6 is 0 Å². The van der Waals surface area contributed by atoms with Gasteiger partial charge in [-0.2, -0.15) is 0 Å². The highest BCUT2D eigenvalue weighted by Gasteiger charge is 2.19. The van der Waals surface area contributed by atoms with Crippen LogP contribution in [0.15, 0.2) is 16.7 Å². The number of hydrogen-bond acceptors (Lipinski definition) is 6. The number of nitrogens with zero attached hydrogens (tertiary/aromatic N) is 3. The summed E-state index contributed by atoms with van der Waals surface area (Å²) in [5.74, 6) is 3.09. The average molecular weight is 314 g/mol. The van der Waals surface area contributed by atoms with Crippen molar-refractivity contribution in [1.29, 1.82) is 0 Å². The maximum absolute atomic E-state index is 5.89. The molecule has 0 amide bonds. The molecular formula is C16H18N4O3. The van der Waals surface area contributed by atoms with E-state index < -0.39 is 0 Å². The number of ether oxygens (including phenoxy) is 2. The van der Waals surface area contributed by atoms with Crippen LogP contribution in [0.4, 0.5) is 0 Å². The maximum atomic E-state index is 5.89. The Bertz CT molecular complexity index is 862. The summed E-state index contributed by atoms with van der Waals surface area (Å²) < 4.78 is 18.7. The Morgan fingerprint density at radius 2 is 1.91 bits per heavy atom. The van der Waals surface area contributed by atoms with E-state index in [0.717, 1.165) is 45.4 Å². The third-order valence-corrected chi connectivity index (χ3v) is 4.17. The maximum Gasteiger partial charge on any atom is 0.163 e. The SMILES string of the molecule is Cc1noc(C)c1Cn1c(CN)nc2cc3c(cc21)OCCO3. The lowest BCUT2D eigenvalue weighted by molar-refractivity contribution is 0.172. The van der Waals surface area contributed by atoms with Crippen LogP contribution in [-0.4, -0.2) is 27.9 Å². The summed E-state index contributed by atoms with van der Waals surface area (Å²) in [6, 6.07) is 3.88. The molecule has 0 unspecified atom stereocenters. The van der Waals surface area contributed by atoms with Crippen LogP contribution in [-0.2, 0) is 13.1 Å². The molecule has 4 rings (SSSR count). The summed E-state index contributed by atoms with van der Waals surface area (Å²) in [5.41, 5.74) is 9.63. The van der Waals surface area contributed by atoms with Gasteiger partial charge >= 0.3 is 0 Å². The molecule has 1 aromatic carbocycles. The van der Waals surface area contributed by atoms with Gasteiger partial charge in [0.15, 0.2) is 11.5 Å². The molecule has 7 nitrogen and oxygen atoms in total. The monoisotopic (exact) mass is 314 g/mol. The first-order valence-electron chi connectivity index (χ1n) is 7.58. The molecule has 0 saturated carbocycles. The fourth-order valence-electron chi connectivity index (χ4n) is 2.93. The Morgan fingerprint density at radius 1 is 1.17 bits per heavy atom.